The molecule has 0 aliphatic carbocycles. The SMILES string of the molecule is Cc1cc(C)nc(NC(=O)NC(=O)c2ccccc2C(=O)Nc2ncn[nH]2)n1. The highest BCUT2D eigenvalue weighted by molar-refractivity contribution is 6.15. The highest BCUT2D eigenvalue weighted by Gasteiger charge is 2.19. The van der Waals surface area contributed by atoms with E-state index in [2.05, 4.69) is 41.1 Å². The second kappa shape index (κ2) is 8.03. The molecule has 11 nitrogen and oxygen atoms in total. The van der Waals surface area contributed by atoms with Crippen LogP contribution >= 0.6 is 0 Å². The van der Waals surface area contributed by atoms with Gasteiger partial charge in [-0.3, -0.25) is 25.5 Å². The van der Waals surface area contributed by atoms with Crippen LogP contribution in [0.5, 0.6) is 0 Å². The molecule has 28 heavy (non-hydrogen) atoms. The molecule has 0 aliphatic rings. The molecule has 0 saturated carbocycles. The second-order valence-electron chi connectivity index (χ2n) is 5.72. The van der Waals surface area contributed by atoms with Crippen LogP contribution in [0.4, 0.5) is 16.7 Å². The number of H-pyrrole nitrogens is 1. The molecule has 0 saturated heterocycles. The Hall–Kier alpha value is -4.15. The molecule has 0 unspecified atom stereocenters. The molecular formula is C17H16N8O3. The Kier molecular flexibility index (Phi) is 5.35. The fraction of sp³-hybridized carbons (Fsp3) is 0.118. The topological polar surface area (TPSA) is 155 Å². The van der Waals surface area contributed by atoms with E-state index >= 15 is 0 Å². The van der Waals surface area contributed by atoms with Gasteiger partial charge < -0.3 is 0 Å². The number of carbonyl (C=O) groups is 3. The van der Waals surface area contributed by atoms with Crippen molar-refractivity contribution in [2.75, 3.05) is 10.6 Å². The summed E-state index contributed by atoms with van der Waals surface area (Å²) in [4.78, 5) is 48.9. The van der Waals surface area contributed by atoms with Crippen molar-refractivity contribution in [3.63, 3.8) is 0 Å². The number of nitrogens with one attached hydrogen (secondary N) is 4. The molecule has 0 radical (unpaired) electrons. The smallest absolute Gasteiger partial charge is 0.291 e. The lowest BCUT2D eigenvalue weighted by atomic mass is 10.1. The van der Waals surface area contributed by atoms with Gasteiger partial charge >= 0.3 is 6.03 Å². The van der Waals surface area contributed by atoms with Crippen LogP contribution in [0.1, 0.15) is 32.1 Å². The minimum absolute atomic E-state index is 0.0102. The number of aryl methyl sites for hydroxylation is 2. The molecule has 0 atom stereocenters. The van der Waals surface area contributed by atoms with Crippen molar-refractivity contribution in [2.24, 2.45) is 0 Å². The standard InChI is InChI=1S/C17H16N8O3/c1-9-7-10(2)21-16(20-9)24-17(28)23-14(27)12-6-4-3-5-11(12)13(26)22-15-18-8-19-25-15/h3-8H,1-2H3,(H2,18,19,22,25,26)(H2,20,21,23,24,27,28). The fourth-order valence-electron chi connectivity index (χ4n) is 2.40. The number of benzene rings is 1. The van der Waals surface area contributed by atoms with Crippen molar-refractivity contribution < 1.29 is 14.4 Å². The zero-order valence-corrected chi connectivity index (χ0v) is 15.0. The lowest BCUT2D eigenvalue weighted by Crippen LogP contribution is -2.36. The van der Waals surface area contributed by atoms with Crippen LogP contribution in [-0.4, -0.2) is 43.0 Å². The molecule has 0 fully saturated rings. The molecule has 4 amide bonds. The highest BCUT2D eigenvalue weighted by Crippen LogP contribution is 2.11. The summed E-state index contributed by atoms with van der Waals surface area (Å²) in [5.41, 5.74) is 1.41. The number of urea groups is 1. The summed E-state index contributed by atoms with van der Waals surface area (Å²) < 4.78 is 0. The summed E-state index contributed by atoms with van der Waals surface area (Å²) in [7, 11) is 0. The number of carbonyl (C=O) groups excluding carboxylic acids is 3. The third-order valence-electron chi connectivity index (χ3n) is 3.50. The number of anilines is 2. The number of rotatable bonds is 4. The van der Waals surface area contributed by atoms with Crippen molar-refractivity contribution >= 4 is 29.7 Å². The molecular weight excluding hydrogens is 364 g/mol. The summed E-state index contributed by atoms with van der Waals surface area (Å²) in [6.45, 7) is 3.51. The number of imide groups is 1. The zero-order chi connectivity index (χ0) is 20.1. The van der Waals surface area contributed by atoms with Crippen LogP contribution in [0.15, 0.2) is 36.7 Å². The van der Waals surface area contributed by atoms with E-state index in [1.165, 1.54) is 18.5 Å². The number of nitrogens with zero attached hydrogens (tertiary/aromatic N) is 4. The van der Waals surface area contributed by atoms with E-state index in [9.17, 15) is 14.4 Å². The van der Waals surface area contributed by atoms with Gasteiger partial charge in [-0.25, -0.2) is 19.9 Å². The van der Waals surface area contributed by atoms with Crippen molar-refractivity contribution in [3.8, 4) is 0 Å². The molecule has 3 aromatic rings. The van der Waals surface area contributed by atoms with E-state index in [0.29, 0.717) is 11.4 Å². The summed E-state index contributed by atoms with van der Waals surface area (Å²) in [5.74, 6) is -1.14. The van der Waals surface area contributed by atoms with Gasteiger partial charge in [-0.05, 0) is 32.0 Å². The average molecular weight is 380 g/mol. The first kappa shape index (κ1) is 18.6. The van der Waals surface area contributed by atoms with Crippen LogP contribution < -0.4 is 16.0 Å². The average Bonchev–Trinajstić information content (AvgIpc) is 3.13. The van der Waals surface area contributed by atoms with Crippen molar-refractivity contribution in [3.05, 3.63) is 59.2 Å². The number of aromatic nitrogens is 5. The Balaban J connectivity index is 1.72. The Morgan fingerprint density at radius 2 is 1.57 bits per heavy atom. The fourth-order valence-corrected chi connectivity index (χ4v) is 2.40. The summed E-state index contributed by atoms with van der Waals surface area (Å²) in [6, 6.07) is 6.97. The van der Waals surface area contributed by atoms with Crippen molar-refractivity contribution in [1.29, 1.82) is 0 Å². The van der Waals surface area contributed by atoms with E-state index in [1.807, 2.05) is 0 Å². The van der Waals surface area contributed by atoms with E-state index in [0.717, 1.165) is 0 Å². The zero-order valence-electron chi connectivity index (χ0n) is 15.0. The van der Waals surface area contributed by atoms with Gasteiger partial charge in [0, 0.05) is 11.4 Å². The molecule has 4 N–H and O–H groups in total. The van der Waals surface area contributed by atoms with Crippen molar-refractivity contribution in [2.45, 2.75) is 13.8 Å². The van der Waals surface area contributed by atoms with Crippen molar-refractivity contribution in [1.82, 2.24) is 30.5 Å². The first-order valence-electron chi connectivity index (χ1n) is 8.13. The Morgan fingerprint density at radius 1 is 0.929 bits per heavy atom. The Morgan fingerprint density at radius 3 is 2.18 bits per heavy atom. The van der Waals surface area contributed by atoms with Gasteiger partial charge in [-0.2, -0.15) is 10.1 Å². The lowest BCUT2D eigenvalue weighted by Gasteiger charge is -2.10. The number of hydrogen-bond acceptors (Lipinski definition) is 7. The maximum absolute atomic E-state index is 12.5. The van der Waals surface area contributed by atoms with E-state index in [1.54, 1.807) is 32.0 Å². The quantitative estimate of drug-likeness (QED) is 0.533. The van der Waals surface area contributed by atoms with Crippen LogP contribution in [0.2, 0.25) is 0 Å². The minimum atomic E-state index is -0.819. The molecule has 0 spiro atoms. The van der Waals surface area contributed by atoms with Crippen LogP contribution in [-0.2, 0) is 0 Å². The first-order valence-corrected chi connectivity index (χ1v) is 8.13. The van der Waals surface area contributed by atoms with Gasteiger partial charge in [-0.15, -0.1) is 0 Å². The molecule has 3 rings (SSSR count). The molecule has 0 aliphatic heterocycles. The maximum Gasteiger partial charge on any atom is 0.328 e. The highest BCUT2D eigenvalue weighted by atomic mass is 16.2. The third-order valence-corrected chi connectivity index (χ3v) is 3.50. The minimum Gasteiger partial charge on any atom is -0.291 e. The monoisotopic (exact) mass is 380 g/mol. The number of amides is 4. The van der Waals surface area contributed by atoms with Gasteiger partial charge in [0.2, 0.25) is 11.9 Å². The van der Waals surface area contributed by atoms with Crippen LogP contribution in [0.3, 0.4) is 0 Å². The Bertz CT molecular complexity index is 1010. The Labute approximate surface area is 159 Å². The maximum atomic E-state index is 12.5. The summed E-state index contributed by atoms with van der Waals surface area (Å²) in [6.07, 6.45) is 1.23. The second-order valence-corrected chi connectivity index (χ2v) is 5.72. The third kappa shape index (κ3) is 4.52. The van der Waals surface area contributed by atoms with Gasteiger partial charge in [0.25, 0.3) is 11.8 Å². The lowest BCUT2D eigenvalue weighted by molar-refractivity contribution is 0.0951. The first-order chi connectivity index (χ1) is 13.4. The van der Waals surface area contributed by atoms with E-state index < -0.39 is 17.8 Å². The normalized spacial score (nSPS) is 10.2. The molecule has 11 heteroatoms. The van der Waals surface area contributed by atoms with Gasteiger partial charge in [-0.1, -0.05) is 12.1 Å². The van der Waals surface area contributed by atoms with Gasteiger partial charge in [0.15, 0.2) is 0 Å². The predicted octanol–water partition coefficient (Wildman–Crippen LogP) is 1.43. The van der Waals surface area contributed by atoms with Crippen LogP contribution in [0.25, 0.3) is 0 Å². The van der Waals surface area contributed by atoms with Crippen LogP contribution in [0, 0.1) is 13.8 Å². The molecule has 142 valence electrons. The van der Waals surface area contributed by atoms with Gasteiger partial charge in [0.1, 0.15) is 6.33 Å². The van der Waals surface area contributed by atoms with Gasteiger partial charge in [0.05, 0.1) is 11.1 Å². The molecule has 0 bridgehead atoms. The summed E-state index contributed by atoms with van der Waals surface area (Å²) in [5, 5.41) is 13.1. The largest absolute Gasteiger partial charge is 0.328 e. The number of hydrogen-bond donors (Lipinski definition) is 4. The number of aromatic amines is 1. The molecule has 2 aromatic heterocycles. The van der Waals surface area contributed by atoms with E-state index in [-0.39, 0.29) is 23.0 Å². The summed E-state index contributed by atoms with van der Waals surface area (Å²) >= 11 is 0. The predicted molar refractivity (Wildman–Crippen MR) is 98.8 cm³/mol. The molecule has 2 heterocycles. The molecule has 1 aromatic carbocycles. The van der Waals surface area contributed by atoms with E-state index in [4.69, 9.17) is 0 Å².